The number of fused-ring (bicyclic) bond motifs is 3. The van der Waals surface area contributed by atoms with E-state index in [0.29, 0.717) is 0 Å². The number of allylic oxidation sites excluding steroid dienone is 4. The smallest absolute Gasteiger partial charge is 1.00 e. The van der Waals surface area contributed by atoms with Gasteiger partial charge in [-0.3, -0.25) is 0 Å². The van der Waals surface area contributed by atoms with Gasteiger partial charge >= 0.3 is 41.3 Å². The van der Waals surface area contributed by atoms with Crippen molar-refractivity contribution < 1.29 is 49.0 Å². The molecule has 29 heavy (non-hydrogen) atoms. The fourth-order valence-corrected chi connectivity index (χ4v) is 3.75. The maximum Gasteiger partial charge on any atom is -1.00 e. The van der Waals surface area contributed by atoms with Crippen LogP contribution in [0.2, 0.25) is 0 Å². The molecule has 0 atom stereocenters. The Bertz CT molecular complexity index is 955. The van der Waals surface area contributed by atoms with Gasteiger partial charge in [0.2, 0.25) is 0 Å². The molecule has 2 aliphatic carbocycles. The third kappa shape index (κ3) is 6.13. The van der Waals surface area contributed by atoms with Gasteiger partial charge in [0.25, 0.3) is 0 Å². The van der Waals surface area contributed by atoms with E-state index in [1.165, 1.54) is 47.7 Å². The standard InChI is InChI=1S/C23H23.C3H6.2ClH.Zr/c1-15-11-19(23(2,3)4)14-22(15)17-9-10-21-18(13-17)12-16-7-5-6-8-20(16)21;1-3-2;;;/h5-11H,12,14H2,1-4H3;1-2H3;2*1H;/q-1;;;;+2/p-2. The average molecular weight is 504 g/mol. The molecule has 0 bridgehead atoms. The molecule has 2 aromatic carbocycles. The number of hydrogen-bond donors (Lipinski definition) is 0. The third-order valence-electron chi connectivity index (χ3n) is 5.22. The Kier molecular flexibility index (Phi) is 9.54. The molecular weight excluding hydrogens is 474 g/mol. The predicted molar refractivity (Wildman–Crippen MR) is 115 cm³/mol. The fraction of sp³-hybridized carbons (Fsp3) is 0.346. The quantitative estimate of drug-likeness (QED) is 0.434. The first kappa shape index (κ1) is 26.3. The van der Waals surface area contributed by atoms with Crippen LogP contribution in [0.15, 0.2) is 53.6 Å². The van der Waals surface area contributed by atoms with Gasteiger partial charge in [0, 0.05) is 0 Å². The summed E-state index contributed by atoms with van der Waals surface area (Å²) in [7, 11) is 0. The van der Waals surface area contributed by atoms with Crippen molar-refractivity contribution >= 4 is 8.78 Å². The molecule has 0 aliphatic heterocycles. The Morgan fingerprint density at radius 3 is 2.14 bits per heavy atom. The summed E-state index contributed by atoms with van der Waals surface area (Å²) in [5.41, 5.74) is 11.5. The summed E-state index contributed by atoms with van der Waals surface area (Å²) in [5.74, 6) is 0. The Balaban J connectivity index is 0.000000646. The van der Waals surface area contributed by atoms with Crippen molar-refractivity contribution in [2.75, 3.05) is 0 Å². The van der Waals surface area contributed by atoms with Crippen molar-refractivity contribution in [3.8, 4) is 11.1 Å². The van der Waals surface area contributed by atoms with Gasteiger partial charge in [-0.1, -0.05) is 73.4 Å². The van der Waals surface area contributed by atoms with Crippen LogP contribution in [0.5, 0.6) is 0 Å². The van der Waals surface area contributed by atoms with Crippen LogP contribution in [-0.2, 0) is 30.7 Å². The molecular formula is C26H29Cl2Zr-. The van der Waals surface area contributed by atoms with Gasteiger partial charge in [0.15, 0.2) is 0 Å². The van der Waals surface area contributed by atoms with Gasteiger partial charge in [-0.05, 0) is 30.7 Å². The van der Waals surface area contributed by atoms with E-state index in [9.17, 15) is 0 Å². The van der Waals surface area contributed by atoms with E-state index in [-0.39, 0.29) is 30.2 Å². The van der Waals surface area contributed by atoms with E-state index in [1.807, 2.05) is 0 Å². The Morgan fingerprint density at radius 1 is 0.931 bits per heavy atom. The molecule has 0 saturated heterocycles. The van der Waals surface area contributed by atoms with Crippen LogP contribution in [0.25, 0.3) is 16.7 Å². The van der Waals surface area contributed by atoms with Crippen molar-refractivity contribution in [3.05, 3.63) is 76.4 Å². The largest absolute Gasteiger partial charge is 1.00 e. The van der Waals surface area contributed by atoms with E-state index in [0.717, 1.165) is 12.8 Å². The number of hydrogen-bond acceptors (Lipinski definition) is 0. The van der Waals surface area contributed by atoms with Crippen LogP contribution >= 0.6 is 0 Å². The van der Waals surface area contributed by atoms with Crippen molar-refractivity contribution in [2.24, 2.45) is 5.41 Å². The maximum absolute atomic E-state index is 3.72. The summed E-state index contributed by atoms with van der Waals surface area (Å²) in [6, 6.07) is 17.0. The van der Waals surface area contributed by atoms with Crippen molar-refractivity contribution in [3.63, 3.8) is 0 Å². The minimum Gasteiger partial charge on any atom is -1.00 e. The molecule has 0 fully saturated rings. The zero-order valence-corrected chi connectivity index (χ0v) is 22.2. The summed E-state index contributed by atoms with van der Waals surface area (Å²) < 4.78 is 1.51. The summed E-state index contributed by atoms with van der Waals surface area (Å²) in [4.78, 5) is 0. The molecule has 0 nitrogen and oxygen atoms in total. The molecule has 3 heteroatoms. The van der Waals surface area contributed by atoms with E-state index in [2.05, 4.69) is 90.1 Å². The van der Waals surface area contributed by atoms with Gasteiger partial charge in [-0.25, -0.2) is 0 Å². The van der Waals surface area contributed by atoms with Crippen molar-refractivity contribution in [2.45, 2.75) is 54.4 Å². The normalized spacial score (nSPS) is 14.0. The van der Waals surface area contributed by atoms with Crippen LogP contribution in [0, 0.1) is 11.5 Å². The van der Waals surface area contributed by atoms with Gasteiger partial charge < -0.3 is 24.8 Å². The molecule has 0 spiro atoms. The number of rotatable bonds is 1. The topological polar surface area (TPSA) is 0 Å². The molecule has 152 valence electrons. The first-order valence-corrected chi connectivity index (χ1v) is 11.0. The Hall–Kier alpha value is -0.747. The minimum atomic E-state index is 0. The fourth-order valence-electron chi connectivity index (χ4n) is 3.75. The van der Waals surface area contributed by atoms with Crippen LogP contribution in [0.3, 0.4) is 0 Å². The minimum absolute atomic E-state index is 0. The van der Waals surface area contributed by atoms with E-state index in [4.69, 9.17) is 0 Å². The molecule has 0 heterocycles. The molecule has 0 unspecified atom stereocenters. The molecule has 0 aromatic heterocycles. The van der Waals surface area contributed by atoms with Gasteiger partial charge in [0.05, 0.1) is 0 Å². The maximum atomic E-state index is 3.72. The molecule has 0 saturated carbocycles. The van der Waals surface area contributed by atoms with Crippen LogP contribution in [0.4, 0.5) is 0 Å². The van der Waals surface area contributed by atoms with Crippen LogP contribution in [-0.4, -0.2) is 3.21 Å². The summed E-state index contributed by atoms with van der Waals surface area (Å²) in [6.45, 7) is 13.4. The average Bonchev–Trinajstić information content (AvgIpc) is 3.13. The monoisotopic (exact) mass is 501 g/mol. The van der Waals surface area contributed by atoms with Crippen molar-refractivity contribution in [1.82, 2.24) is 0 Å². The summed E-state index contributed by atoms with van der Waals surface area (Å²) in [6.07, 6.45) is 4.47. The first-order valence-electron chi connectivity index (χ1n) is 9.73. The Labute approximate surface area is 204 Å². The number of benzene rings is 2. The second-order valence-corrected chi connectivity index (χ2v) is 11.3. The SMILES string of the molecule is CC1=C(c2[c-]c3c(cc2)-c2ccccc2C3)CC(C(C)(C)C)=C1.C[C](C)=[Zr+2].[Cl-].[Cl-]. The second-order valence-electron chi connectivity index (χ2n) is 8.86. The molecule has 2 aliphatic rings. The predicted octanol–water partition coefficient (Wildman–Crippen LogP) is 0.961. The van der Waals surface area contributed by atoms with E-state index in [1.54, 1.807) is 24.2 Å². The Morgan fingerprint density at radius 2 is 1.55 bits per heavy atom. The van der Waals surface area contributed by atoms with E-state index < -0.39 is 0 Å². The summed E-state index contributed by atoms with van der Waals surface area (Å²) in [5, 5.41) is 0. The third-order valence-corrected chi connectivity index (χ3v) is 5.22. The van der Waals surface area contributed by atoms with Crippen molar-refractivity contribution in [1.29, 1.82) is 0 Å². The number of halogens is 2. The molecule has 0 amide bonds. The van der Waals surface area contributed by atoms with Crippen LogP contribution in [0.1, 0.15) is 64.7 Å². The second kappa shape index (κ2) is 10.5. The van der Waals surface area contributed by atoms with Crippen LogP contribution < -0.4 is 24.8 Å². The van der Waals surface area contributed by atoms with E-state index >= 15 is 0 Å². The zero-order valence-electron chi connectivity index (χ0n) is 18.2. The van der Waals surface area contributed by atoms with Gasteiger partial charge in [0.1, 0.15) is 0 Å². The molecule has 0 radical (unpaired) electrons. The van der Waals surface area contributed by atoms with Gasteiger partial charge in [-0.2, -0.15) is 0 Å². The molecule has 4 rings (SSSR count). The summed E-state index contributed by atoms with van der Waals surface area (Å²) >= 11 is 1.55. The van der Waals surface area contributed by atoms with Gasteiger partial charge in [-0.15, -0.1) is 34.9 Å². The molecule has 2 aromatic rings. The first-order chi connectivity index (χ1) is 12.7. The molecule has 0 N–H and O–H groups in total. The zero-order chi connectivity index (χ0) is 19.8.